The topological polar surface area (TPSA) is 36.8 Å². The highest BCUT2D eigenvalue weighted by Gasteiger charge is 2.21. The number of amidine groups is 2. The molecule has 3 nitrogen and oxygen atoms in total. The molecular weight excluding hydrogens is 583 g/mol. The molecule has 0 aliphatic carbocycles. The monoisotopic (exact) mass is 613 g/mol. The minimum atomic E-state index is -0.372. The Labute approximate surface area is 279 Å². The van der Waals surface area contributed by atoms with Gasteiger partial charge in [-0.2, -0.15) is 0 Å². The zero-order valence-corrected chi connectivity index (χ0v) is 26.2. The van der Waals surface area contributed by atoms with Crippen LogP contribution in [0.25, 0.3) is 54.6 Å². The molecule has 0 saturated carbocycles. The van der Waals surface area contributed by atoms with Crippen LogP contribution < -0.4 is 5.32 Å². The van der Waals surface area contributed by atoms with Crippen LogP contribution in [-0.2, 0) is 0 Å². The number of aliphatic imine (C=N–C) groups is 2. The normalized spacial score (nSPS) is 13.3. The minimum Gasteiger partial charge on any atom is -0.324 e. The van der Waals surface area contributed by atoms with Crippen LogP contribution in [0.2, 0.25) is 0 Å². The SMILES string of the molecule is c1ccc(C2=NC(c3cccc(-c4cccc(-c5ccc6c7ccccc7c7ccccc7c6c5)c4)c3)N=C(c3ccccc3)N2)cc1. The first-order valence-corrected chi connectivity index (χ1v) is 16.4. The molecule has 1 N–H and O–H groups in total. The van der Waals surface area contributed by atoms with Gasteiger partial charge in [0.2, 0.25) is 0 Å². The van der Waals surface area contributed by atoms with Crippen molar-refractivity contribution in [1.29, 1.82) is 0 Å². The van der Waals surface area contributed by atoms with Gasteiger partial charge < -0.3 is 5.32 Å². The molecule has 0 fully saturated rings. The van der Waals surface area contributed by atoms with Gasteiger partial charge in [-0.25, -0.2) is 9.98 Å². The van der Waals surface area contributed by atoms with E-state index in [9.17, 15) is 0 Å². The van der Waals surface area contributed by atoms with Crippen molar-refractivity contribution in [2.24, 2.45) is 9.98 Å². The quantitative estimate of drug-likeness (QED) is 0.193. The molecule has 0 radical (unpaired) electrons. The van der Waals surface area contributed by atoms with Crippen LogP contribution in [0, 0.1) is 0 Å². The Morgan fingerprint density at radius 1 is 0.312 bits per heavy atom. The smallest absolute Gasteiger partial charge is 0.169 e. The molecule has 9 rings (SSSR count). The van der Waals surface area contributed by atoms with Crippen LogP contribution in [0.1, 0.15) is 22.9 Å². The fraction of sp³-hybridized carbons (Fsp3) is 0.0222. The molecule has 0 bridgehead atoms. The Bertz CT molecular complexity index is 2440. The van der Waals surface area contributed by atoms with Crippen LogP contribution in [0.4, 0.5) is 0 Å². The van der Waals surface area contributed by atoms with Crippen molar-refractivity contribution in [3.63, 3.8) is 0 Å². The van der Waals surface area contributed by atoms with E-state index >= 15 is 0 Å². The summed E-state index contributed by atoms with van der Waals surface area (Å²) in [6.07, 6.45) is -0.372. The number of hydrogen-bond donors (Lipinski definition) is 1. The molecule has 48 heavy (non-hydrogen) atoms. The predicted molar refractivity (Wildman–Crippen MR) is 202 cm³/mol. The summed E-state index contributed by atoms with van der Waals surface area (Å²) in [5.41, 5.74) is 7.80. The molecule has 0 aromatic heterocycles. The Balaban J connectivity index is 1.11. The maximum Gasteiger partial charge on any atom is 0.169 e. The lowest BCUT2D eigenvalue weighted by atomic mass is 9.91. The molecule has 3 heteroatoms. The summed E-state index contributed by atoms with van der Waals surface area (Å²) in [6.45, 7) is 0. The second-order valence-corrected chi connectivity index (χ2v) is 12.2. The number of benzene rings is 8. The number of nitrogens with zero attached hydrogens (tertiary/aromatic N) is 2. The number of nitrogens with one attached hydrogen (secondary N) is 1. The van der Waals surface area contributed by atoms with Gasteiger partial charge in [0.25, 0.3) is 0 Å². The van der Waals surface area contributed by atoms with E-state index in [0.717, 1.165) is 39.5 Å². The van der Waals surface area contributed by atoms with Gasteiger partial charge in [0.15, 0.2) is 6.17 Å². The lowest BCUT2D eigenvalue weighted by Crippen LogP contribution is -2.35. The molecule has 226 valence electrons. The van der Waals surface area contributed by atoms with Gasteiger partial charge in [-0.1, -0.05) is 158 Å². The lowest BCUT2D eigenvalue weighted by Gasteiger charge is -2.22. The predicted octanol–water partition coefficient (Wildman–Crippen LogP) is 11.0. The van der Waals surface area contributed by atoms with Gasteiger partial charge in [0, 0.05) is 11.1 Å². The minimum absolute atomic E-state index is 0.372. The van der Waals surface area contributed by atoms with Crippen LogP contribution in [0.15, 0.2) is 186 Å². The maximum atomic E-state index is 5.09. The van der Waals surface area contributed by atoms with E-state index in [2.05, 4.69) is 145 Å². The molecule has 1 heterocycles. The van der Waals surface area contributed by atoms with Crippen molar-refractivity contribution in [2.75, 3.05) is 0 Å². The van der Waals surface area contributed by atoms with Crippen molar-refractivity contribution >= 4 is 44.0 Å². The standard InChI is InChI=1S/C45H31N3/c1-3-13-30(14-4-1)43-46-44(31-15-5-2-6-16-31)48-45(47-43)36-20-12-19-34(28-36)32-17-11-18-33(27-32)35-25-26-41-39-23-8-7-21-37(39)38-22-9-10-24-40(38)42(41)29-35/h1-29,45H,(H,46,47,48). The summed E-state index contributed by atoms with van der Waals surface area (Å²) in [5.74, 6) is 1.64. The van der Waals surface area contributed by atoms with Crippen molar-refractivity contribution in [3.8, 4) is 22.3 Å². The molecule has 1 aliphatic heterocycles. The maximum absolute atomic E-state index is 5.09. The summed E-state index contributed by atoms with van der Waals surface area (Å²) < 4.78 is 0. The van der Waals surface area contributed by atoms with Crippen LogP contribution in [0.5, 0.6) is 0 Å². The molecule has 8 aromatic carbocycles. The van der Waals surface area contributed by atoms with E-state index in [0.29, 0.717) is 0 Å². The highest BCUT2D eigenvalue weighted by atomic mass is 15.2. The van der Waals surface area contributed by atoms with E-state index in [1.807, 2.05) is 36.4 Å². The van der Waals surface area contributed by atoms with E-state index in [4.69, 9.17) is 9.98 Å². The first kappa shape index (κ1) is 27.9. The highest BCUT2D eigenvalue weighted by Crippen LogP contribution is 2.38. The second-order valence-electron chi connectivity index (χ2n) is 12.2. The Morgan fingerprint density at radius 3 is 1.29 bits per heavy atom. The number of rotatable bonds is 5. The van der Waals surface area contributed by atoms with E-state index in [1.165, 1.54) is 43.4 Å². The summed E-state index contributed by atoms with van der Waals surface area (Å²) in [5, 5.41) is 11.2. The van der Waals surface area contributed by atoms with Gasteiger partial charge in [0.05, 0.1) is 0 Å². The van der Waals surface area contributed by atoms with Crippen LogP contribution >= 0.6 is 0 Å². The van der Waals surface area contributed by atoms with Gasteiger partial charge in [-0.05, 0) is 78.3 Å². The van der Waals surface area contributed by atoms with Gasteiger partial charge in [-0.3, -0.25) is 0 Å². The third-order valence-electron chi connectivity index (χ3n) is 9.29. The van der Waals surface area contributed by atoms with E-state index in [1.54, 1.807) is 0 Å². The zero-order valence-electron chi connectivity index (χ0n) is 26.2. The van der Waals surface area contributed by atoms with Crippen molar-refractivity contribution in [2.45, 2.75) is 6.17 Å². The summed E-state index contributed by atoms with van der Waals surface area (Å²) in [7, 11) is 0. The molecule has 0 spiro atoms. The average Bonchev–Trinajstić information content (AvgIpc) is 3.18. The molecular formula is C45H31N3. The lowest BCUT2D eigenvalue weighted by molar-refractivity contribution is 0.756. The van der Waals surface area contributed by atoms with Crippen LogP contribution in [-0.4, -0.2) is 11.7 Å². The third kappa shape index (κ3) is 5.03. The molecule has 0 unspecified atom stereocenters. The molecule has 0 atom stereocenters. The largest absolute Gasteiger partial charge is 0.324 e. The molecule has 0 saturated heterocycles. The van der Waals surface area contributed by atoms with Crippen LogP contribution in [0.3, 0.4) is 0 Å². The van der Waals surface area contributed by atoms with Gasteiger partial charge in [-0.15, -0.1) is 0 Å². The fourth-order valence-electron chi connectivity index (χ4n) is 6.93. The molecule has 8 aromatic rings. The molecule has 1 aliphatic rings. The first-order valence-electron chi connectivity index (χ1n) is 16.4. The van der Waals surface area contributed by atoms with Crippen molar-refractivity contribution in [3.05, 3.63) is 193 Å². The van der Waals surface area contributed by atoms with E-state index in [-0.39, 0.29) is 6.17 Å². The molecule has 0 amide bonds. The van der Waals surface area contributed by atoms with Crippen molar-refractivity contribution in [1.82, 2.24) is 5.32 Å². The summed E-state index contributed by atoms with van der Waals surface area (Å²) in [4.78, 5) is 10.2. The summed E-state index contributed by atoms with van der Waals surface area (Å²) in [6, 6.07) is 62.4. The Morgan fingerprint density at radius 2 is 0.729 bits per heavy atom. The third-order valence-corrected chi connectivity index (χ3v) is 9.29. The van der Waals surface area contributed by atoms with E-state index < -0.39 is 0 Å². The van der Waals surface area contributed by atoms with Crippen molar-refractivity contribution < 1.29 is 0 Å². The zero-order chi connectivity index (χ0) is 31.9. The Hall–Kier alpha value is -6.32. The fourth-order valence-corrected chi connectivity index (χ4v) is 6.93. The van der Waals surface area contributed by atoms with Gasteiger partial charge in [0.1, 0.15) is 11.7 Å². The number of hydrogen-bond acceptors (Lipinski definition) is 3. The number of fused-ring (bicyclic) bond motifs is 6. The highest BCUT2D eigenvalue weighted by molar-refractivity contribution is 6.25. The Kier molecular flexibility index (Phi) is 6.87. The summed E-state index contributed by atoms with van der Waals surface area (Å²) >= 11 is 0. The first-order chi connectivity index (χ1) is 23.8. The second kappa shape index (κ2) is 11.8. The van der Waals surface area contributed by atoms with Gasteiger partial charge >= 0.3 is 0 Å². The average molecular weight is 614 g/mol.